The lowest BCUT2D eigenvalue weighted by Gasteiger charge is -2.37. The van der Waals surface area contributed by atoms with Crippen LogP contribution in [-0.4, -0.2) is 18.7 Å². The van der Waals surface area contributed by atoms with Crippen molar-refractivity contribution in [2.75, 3.05) is 13.2 Å². The monoisotopic (exact) mass is 225 g/mol. The summed E-state index contributed by atoms with van der Waals surface area (Å²) in [7, 11) is 0. The third kappa shape index (κ3) is 2.41. The number of rotatable bonds is 2. The molecule has 0 aromatic carbocycles. The maximum Gasteiger partial charge on any atom is 0.104 e. The van der Waals surface area contributed by atoms with Crippen LogP contribution in [0.4, 0.5) is 0 Å². The number of morpholine rings is 1. The second-order valence-corrected chi connectivity index (χ2v) is 5.86. The van der Waals surface area contributed by atoms with Gasteiger partial charge in [-0.25, -0.2) is 0 Å². The zero-order valence-electron chi connectivity index (χ0n) is 9.67. The smallest absolute Gasteiger partial charge is 0.104 e. The van der Waals surface area contributed by atoms with E-state index in [0.29, 0.717) is 0 Å². The van der Waals surface area contributed by atoms with Gasteiger partial charge in [0.15, 0.2) is 0 Å². The van der Waals surface area contributed by atoms with Crippen molar-refractivity contribution in [2.24, 2.45) is 0 Å². The first-order chi connectivity index (χ1) is 7.13. The van der Waals surface area contributed by atoms with Gasteiger partial charge in [0.1, 0.15) is 6.10 Å². The summed E-state index contributed by atoms with van der Waals surface area (Å²) in [5.41, 5.74) is 0.169. The fourth-order valence-corrected chi connectivity index (χ4v) is 2.70. The van der Waals surface area contributed by atoms with Gasteiger partial charge < -0.3 is 10.1 Å². The predicted molar refractivity (Wildman–Crippen MR) is 64.4 cm³/mol. The van der Waals surface area contributed by atoms with Crippen LogP contribution in [0.15, 0.2) is 12.1 Å². The third-order valence-electron chi connectivity index (χ3n) is 3.18. The largest absolute Gasteiger partial charge is 0.369 e. The van der Waals surface area contributed by atoms with Crippen molar-refractivity contribution in [3.05, 3.63) is 21.9 Å². The molecule has 1 aromatic heterocycles. The molecule has 1 aromatic rings. The first-order valence-corrected chi connectivity index (χ1v) is 6.37. The molecule has 2 unspecified atom stereocenters. The first-order valence-electron chi connectivity index (χ1n) is 5.56. The van der Waals surface area contributed by atoms with E-state index in [2.05, 4.69) is 38.2 Å². The topological polar surface area (TPSA) is 21.3 Å². The maximum atomic E-state index is 5.93. The van der Waals surface area contributed by atoms with Crippen LogP contribution in [-0.2, 0) is 4.74 Å². The van der Waals surface area contributed by atoms with E-state index in [1.54, 1.807) is 0 Å². The molecule has 1 saturated heterocycles. The molecule has 15 heavy (non-hydrogen) atoms. The molecule has 0 radical (unpaired) electrons. The van der Waals surface area contributed by atoms with Crippen LogP contribution in [0.2, 0.25) is 0 Å². The highest BCUT2D eigenvalue weighted by atomic mass is 32.1. The van der Waals surface area contributed by atoms with Crippen molar-refractivity contribution in [1.82, 2.24) is 5.32 Å². The summed E-state index contributed by atoms with van der Waals surface area (Å²) in [6, 6.07) is 4.35. The summed E-state index contributed by atoms with van der Waals surface area (Å²) in [6.07, 6.45) is 1.37. The lowest BCUT2D eigenvalue weighted by molar-refractivity contribution is -0.0282. The van der Waals surface area contributed by atoms with Gasteiger partial charge in [0, 0.05) is 21.8 Å². The number of hydrogen-bond donors (Lipinski definition) is 1. The number of hydrogen-bond acceptors (Lipinski definition) is 3. The molecule has 0 amide bonds. The molecular weight excluding hydrogens is 206 g/mol. The molecule has 2 nitrogen and oxygen atoms in total. The molecule has 2 heterocycles. The maximum absolute atomic E-state index is 5.93. The Morgan fingerprint density at radius 3 is 2.87 bits per heavy atom. The van der Waals surface area contributed by atoms with Crippen LogP contribution in [0.3, 0.4) is 0 Å². The Morgan fingerprint density at radius 2 is 2.40 bits per heavy atom. The summed E-state index contributed by atoms with van der Waals surface area (Å²) in [6.45, 7) is 8.31. The summed E-state index contributed by atoms with van der Waals surface area (Å²) < 4.78 is 5.93. The van der Waals surface area contributed by atoms with Crippen molar-refractivity contribution < 1.29 is 4.74 Å². The van der Waals surface area contributed by atoms with Crippen molar-refractivity contribution in [2.45, 2.75) is 38.8 Å². The van der Waals surface area contributed by atoms with E-state index in [-0.39, 0.29) is 11.6 Å². The second-order valence-electron chi connectivity index (χ2n) is 4.54. The van der Waals surface area contributed by atoms with Gasteiger partial charge in [-0.2, -0.15) is 0 Å². The average molecular weight is 225 g/mol. The zero-order chi connectivity index (χ0) is 10.9. The molecule has 1 fully saturated rings. The highest BCUT2D eigenvalue weighted by Crippen LogP contribution is 2.29. The second kappa shape index (κ2) is 4.24. The number of thiophene rings is 1. The van der Waals surface area contributed by atoms with Gasteiger partial charge in [0.05, 0.1) is 6.61 Å². The van der Waals surface area contributed by atoms with E-state index in [1.807, 2.05) is 11.3 Å². The van der Waals surface area contributed by atoms with Crippen molar-refractivity contribution in [3.8, 4) is 0 Å². The molecule has 3 heteroatoms. The van der Waals surface area contributed by atoms with Gasteiger partial charge in [-0.15, -0.1) is 11.3 Å². The van der Waals surface area contributed by atoms with Crippen molar-refractivity contribution in [3.63, 3.8) is 0 Å². The summed E-state index contributed by atoms with van der Waals surface area (Å²) in [4.78, 5) is 2.70. The lowest BCUT2D eigenvalue weighted by Crippen LogP contribution is -2.52. The molecular formula is C12H19NOS. The van der Waals surface area contributed by atoms with E-state index in [0.717, 1.165) is 19.6 Å². The van der Waals surface area contributed by atoms with Crippen LogP contribution < -0.4 is 5.32 Å². The Labute approximate surface area is 95.6 Å². The van der Waals surface area contributed by atoms with Crippen molar-refractivity contribution >= 4 is 11.3 Å². The lowest BCUT2D eigenvalue weighted by atomic mass is 9.98. The Morgan fingerprint density at radius 1 is 1.60 bits per heavy atom. The summed E-state index contributed by atoms with van der Waals surface area (Å²) in [5.74, 6) is 0. The molecule has 0 saturated carbocycles. The Kier molecular flexibility index (Phi) is 3.14. The van der Waals surface area contributed by atoms with E-state index in [9.17, 15) is 0 Å². The molecule has 84 valence electrons. The number of nitrogens with one attached hydrogen (secondary N) is 1. The van der Waals surface area contributed by atoms with E-state index < -0.39 is 0 Å². The SMILES string of the molecule is CCC1(C)COC(c2ccc(C)s2)CN1. The molecule has 0 aliphatic carbocycles. The van der Waals surface area contributed by atoms with Gasteiger partial charge in [-0.3, -0.25) is 0 Å². The highest BCUT2D eigenvalue weighted by molar-refractivity contribution is 7.12. The van der Waals surface area contributed by atoms with E-state index in [4.69, 9.17) is 4.74 Å². The summed E-state index contributed by atoms with van der Waals surface area (Å²) >= 11 is 1.84. The van der Waals surface area contributed by atoms with Gasteiger partial charge in [-0.1, -0.05) is 6.92 Å². The highest BCUT2D eigenvalue weighted by Gasteiger charge is 2.30. The molecule has 2 atom stereocenters. The van der Waals surface area contributed by atoms with Crippen LogP contribution in [0.25, 0.3) is 0 Å². The minimum Gasteiger partial charge on any atom is -0.369 e. The molecule has 2 rings (SSSR count). The summed E-state index contributed by atoms with van der Waals surface area (Å²) in [5, 5.41) is 3.58. The van der Waals surface area contributed by atoms with Crippen LogP contribution >= 0.6 is 11.3 Å². The first kappa shape index (κ1) is 11.1. The minimum atomic E-state index is 0.169. The Hall–Kier alpha value is -0.380. The standard InChI is InChI=1S/C12H19NOS/c1-4-12(3)8-14-10(7-13-12)11-6-5-9(2)15-11/h5-6,10,13H,4,7-8H2,1-3H3. The molecule has 0 bridgehead atoms. The van der Waals surface area contributed by atoms with Gasteiger partial charge in [-0.05, 0) is 32.4 Å². The van der Waals surface area contributed by atoms with Gasteiger partial charge in [0.25, 0.3) is 0 Å². The van der Waals surface area contributed by atoms with Crippen LogP contribution in [0.5, 0.6) is 0 Å². The number of aryl methyl sites for hydroxylation is 1. The Bertz CT molecular complexity index is 326. The third-order valence-corrected chi connectivity index (χ3v) is 4.27. The predicted octanol–water partition coefficient (Wildman–Crippen LogP) is 2.89. The zero-order valence-corrected chi connectivity index (χ0v) is 10.5. The fraction of sp³-hybridized carbons (Fsp3) is 0.667. The van der Waals surface area contributed by atoms with E-state index >= 15 is 0 Å². The molecule has 0 spiro atoms. The van der Waals surface area contributed by atoms with Crippen LogP contribution in [0.1, 0.15) is 36.1 Å². The number of ether oxygens (including phenoxy) is 1. The van der Waals surface area contributed by atoms with Gasteiger partial charge >= 0.3 is 0 Å². The molecule has 1 aliphatic heterocycles. The molecule has 1 aliphatic rings. The van der Waals surface area contributed by atoms with E-state index in [1.165, 1.54) is 9.75 Å². The van der Waals surface area contributed by atoms with Gasteiger partial charge in [0.2, 0.25) is 0 Å². The molecule has 1 N–H and O–H groups in total. The van der Waals surface area contributed by atoms with Crippen LogP contribution in [0, 0.1) is 6.92 Å². The normalized spacial score (nSPS) is 31.8. The quantitative estimate of drug-likeness (QED) is 0.835. The van der Waals surface area contributed by atoms with Crippen molar-refractivity contribution in [1.29, 1.82) is 0 Å². The minimum absolute atomic E-state index is 0.169. The fourth-order valence-electron chi connectivity index (χ4n) is 1.77. The average Bonchev–Trinajstić information content (AvgIpc) is 2.66. The Balaban J connectivity index is 1.99.